The lowest BCUT2D eigenvalue weighted by molar-refractivity contribution is -0.140. The summed E-state index contributed by atoms with van der Waals surface area (Å²) in [6.07, 6.45) is -0.0389. The van der Waals surface area contributed by atoms with Crippen LogP contribution in [0.4, 0.5) is 0 Å². The minimum Gasteiger partial charge on any atom is -0.481 e. The molecule has 0 atom stereocenters. The van der Waals surface area contributed by atoms with Gasteiger partial charge in [-0.05, 0) is 19.3 Å². The quantitative estimate of drug-likeness (QED) is 0.701. The normalized spacial score (nSPS) is 13.7. The standard InChI is InChI=1S/C10H21NO5S/c1-9(2,5-8(12)13)6-16-7-10(3,4)17(11,14)15/h5-7H2,1-4H3,(H,12,13)(H2,11,14,15). The number of hydrogen-bond donors (Lipinski definition) is 2. The second-order valence-electron chi connectivity index (χ2n) is 5.53. The zero-order valence-electron chi connectivity index (χ0n) is 10.7. The van der Waals surface area contributed by atoms with E-state index in [1.807, 2.05) is 0 Å². The van der Waals surface area contributed by atoms with Gasteiger partial charge in [-0.2, -0.15) is 0 Å². The van der Waals surface area contributed by atoms with Gasteiger partial charge in [0.05, 0.1) is 19.6 Å². The highest BCUT2D eigenvalue weighted by Crippen LogP contribution is 2.22. The van der Waals surface area contributed by atoms with Crippen LogP contribution in [0.15, 0.2) is 0 Å². The first kappa shape index (κ1) is 16.3. The molecule has 0 fully saturated rings. The van der Waals surface area contributed by atoms with E-state index in [0.717, 1.165) is 0 Å². The average molecular weight is 267 g/mol. The summed E-state index contributed by atoms with van der Waals surface area (Å²) >= 11 is 0. The maximum atomic E-state index is 11.2. The van der Waals surface area contributed by atoms with E-state index in [4.69, 9.17) is 15.0 Å². The molecular weight excluding hydrogens is 246 g/mol. The van der Waals surface area contributed by atoms with Crippen molar-refractivity contribution in [1.29, 1.82) is 0 Å². The number of carboxylic acids is 1. The van der Waals surface area contributed by atoms with Gasteiger partial charge in [0.25, 0.3) is 0 Å². The zero-order chi connectivity index (χ0) is 13.9. The smallest absolute Gasteiger partial charge is 0.303 e. The van der Waals surface area contributed by atoms with Crippen molar-refractivity contribution in [2.24, 2.45) is 10.6 Å². The molecule has 17 heavy (non-hydrogen) atoms. The molecule has 0 rings (SSSR count). The van der Waals surface area contributed by atoms with Crippen LogP contribution in [0, 0.1) is 5.41 Å². The number of sulfonamides is 1. The highest BCUT2D eigenvalue weighted by atomic mass is 32.2. The summed E-state index contributed by atoms with van der Waals surface area (Å²) in [5.74, 6) is -0.913. The SMILES string of the molecule is CC(C)(COCC(C)(C)S(N)(=O)=O)CC(=O)O. The van der Waals surface area contributed by atoms with Crippen molar-refractivity contribution in [1.82, 2.24) is 0 Å². The number of nitrogens with two attached hydrogens (primary N) is 1. The third kappa shape index (κ3) is 5.99. The number of rotatable bonds is 7. The van der Waals surface area contributed by atoms with Crippen molar-refractivity contribution in [2.45, 2.75) is 38.9 Å². The molecule has 3 N–H and O–H groups in total. The van der Waals surface area contributed by atoms with Crippen LogP contribution >= 0.6 is 0 Å². The third-order valence-corrected chi connectivity index (χ3v) is 4.00. The van der Waals surface area contributed by atoms with Gasteiger partial charge in [-0.25, -0.2) is 13.6 Å². The van der Waals surface area contributed by atoms with Gasteiger partial charge < -0.3 is 9.84 Å². The molecule has 6 nitrogen and oxygen atoms in total. The summed E-state index contributed by atoms with van der Waals surface area (Å²) in [4.78, 5) is 10.6. The lowest BCUT2D eigenvalue weighted by Gasteiger charge is -2.26. The Morgan fingerprint density at radius 2 is 1.71 bits per heavy atom. The molecule has 0 aromatic rings. The molecule has 0 unspecified atom stereocenters. The number of primary sulfonamides is 1. The van der Waals surface area contributed by atoms with E-state index in [1.165, 1.54) is 13.8 Å². The monoisotopic (exact) mass is 267 g/mol. The van der Waals surface area contributed by atoms with Gasteiger partial charge in [0.15, 0.2) is 0 Å². The summed E-state index contributed by atoms with van der Waals surface area (Å²) in [6, 6.07) is 0. The van der Waals surface area contributed by atoms with Gasteiger partial charge in [0.2, 0.25) is 10.0 Å². The lowest BCUT2D eigenvalue weighted by atomic mass is 9.91. The molecule has 0 heterocycles. The van der Waals surface area contributed by atoms with Gasteiger partial charge in [0.1, 0.15) is 4.75 Å². The van der Waals surface area contributed by atoms with E-state index < -0.39 is 26.2 Å². The first-order valence-corrected chi connectivity index (χ1v) is 6.74. The number of carbonyl (C=O) groups is 1. The summed E-state index contributed by atoms with van der Waals surface area (Å²) in [5, 5.41) is 13.7. The first-order chi connectivity index (χ1) is 7.37. The van der Waals surface area contributed by atoms with Crippen LogP contribution in [-0.4, -0.2) is 37.5 Å². The van der Waals surface area contributed by atoms with Gasteiger partial charge >= 0.3 is 5.97 Å². The van der Waals surface area contributed by atoms with E-state index in [0.29, 0.717) is 0 Å². The molecule has 0 aliphatic carbocycles. The second kappa shape index (κ2) is 5.32. The summed E-state index contributed by atoms with van der Waals surface area (Å²) in [6.45, 7) is 6.52. The summed E-state index contributed by atoms with van der Waals surface area (Å²) < 4.78 is 26.5. The number of hydrogen-bond acceptors (Lipinski definition) is 4. The first-order valence-electron chi connectivity index (χ1n) is 5.19. The van der Waals surface area contributed by atoms with Crippen LogP contribution in [0.25, 0.3) is 0 Å². The van der Waals surface area contributed by atoms with E-state index in [1.54, 1.807) is 13.8 Å². The molecule has 0 amide bonds. The van der Waals surface area contributed by atoms with E-state index >= 15 is 0 Å². The molecule has 0 aromatic carbocycles. The zero-order valence-corrected chi connectivity index (χ0v) is 11.5. The Hall–Kier alpha value is -0.660. The molecule has 0 aromatic heterocycles. The number of aliphatic carboxylic acids is 1. The van der Waals surface area contributed by atoms with Gasteiger partial charge in [0, 0.05) is 0 Å². The summed E-state index contributed by atoms with van der Waals surface area (Å²) in [5.41, 5.74) is -0.541. The van der Waals surface area contributed by atoms with Gasteiger partial charge in [-0.1, -0.05) is 13.8 Å². The largest absolute Gasteiger partial charge is 0.481 e. The molecule has 102 valence electrons. The fourth-order valence-corrected chi connectivity index (χ4v) is 1.36. The van der Waals surface area contributed by atoms with Crippen molar-refractivity contribution >= 4 is 16.0 Å². The molecule has 0 saturated heterocycles. The maximum absolute atomic E-state index is 11.2. The average Bonchev–Trinajstić information content (AvgIpc) is 1.97. The Morgan fingerprint density at radius 1 is 1.24 bits per heavy atom. The van der Waals surface area contributed by atoms with Crippen LogP contribution in [0.2, 0.25) is 0 Å². The van der Waals surface area contributed by atoms with E-state index in [2.05, 4.69) is 0 Å². The van der Waals surface area contributed by atoms with Crippen LogP contribution in [0.5, 0.6) is 0 Å². The number of carboxylic acid groups (broad SMARTS) is 1. The minimum atomic E-state index is -3.68. The Bertz CT molecular complexity index is 372. The van der Waals surface area contributed by atoms with Crippen molar-refractivity contribution in [3.8, 4) is 0 Å². The molecule has 0 radical (unpaired) electrons. The van der Waals surface area contributed by atoms with Crippen LogP contribution in [0.1, 0.15) is 34.1 Å². The Morgan fingerprint density at radius 3 is 2.06 bits per heavy atom. The molecular formula is C10H21NO5S. The highest BCUT2D eigenvalue weighted by Gasteiger charge is 2.32. The fraction of sp³-hybridized carbons (Fsp3) is 0.900. The topological polar surface area (TPSA) is 107 Å². The third-order valence-electron chi connectivity index (χ3n) is 2.34. The predicted octanol–water partition coefficient (Wildman–Crippen LogP) is 0.571. The predicted molar refractivity (Wildman–Crippen MR) is 64.0 cm³/mol. The Labute approximate surface area is 102 Å². The lowest BCUT2D eigenvalue weighted by Crippen LogP contribution is -2.42. The molecule has 0 saturated carbocycles. The molecule has 0 aliphatic heterocycles. The fourth-order valence-electron chi connectivity index (χ4n) is 1.12. The van der Waals surface area contributed by atoms with E-state index in [9.17, 15) is 13.2 Å². The number of ether oxygens (including phenoxy) is 1. The molecule has 0 bridgehead atoms. The van der Waals surface area contributed by atoms with Crippen LogP contribution in [0.3, 0.4) is 0 Å². The molecule has 0 aliphatic rings. The highest BCUT2D eigenvalue weighted by molar-refractivity contribution is 7.90. The van der Waals surface area contributed by atoms with E-state index in [-0.39, 0.29) is 19.6 Å². The Kier molecular flexibility index (Phi) is 5.12. The van der Waals surface area contributed by atoms with Crippen LogP contribution < -0.4 is 5.14 Å². The van der Waals surface area contributed by atoms with Crippen LogP contribution in [-0.2, 0) is 19.6 Å². The minimum absolute atomic E-state index is 0.0389. The van der Waals surface area contributed by atoms with Crippen molar-refractivity contribution < 1.29 is 23.1 Å². The van der Waals surface area contributed by atoms with Crippen molar-refractivity contribution in [2.75, 3.05) is 13.2 Å². The summed E-state index contributed by atoms with van der Waals surface area (Å²) in [7, 11) is -3.68. The van der Waals surface area contributed by atoms with Crippen molar-refractivity contribution in [3.05, 3.63) is 0 Å². The van der Waals surface area contributed by atoms with Gasteiger partial charge in [-0.15, -0.1) is 0 Å². The van der Waals surface area contributed by atoms with Gasteiger partial charge in [-0.3, -0.25) is 4.79 Å². The molecule has 0 spiro atoms. The molecule has 7 heteroatoms. The second-order valence-corrected chi connectivity index (χ2v) is 7.73. The van der Waals surface area contributed by atoms with Crippen molar-refractivity contribution in [3.63, 3.8) is 0 Å². The maximum Gasteiger partial charge on any atom is 0.303 e. The Balaban J connectivity index is 4.29.